The number of nitrogens with one attached hydrogen (secondary N) is 2. The molecular formula is C15H22N2O. The Labute approximate surface area is 109 Å². The normalized spacial score (nSPS) is 19.3. The molecule has 0 aromatic heterocycles. The van der Waals surface area contributed by atoms with Crippen molar-refractivity contribution in [1.29, 1.82) is 0 Å². The summed E-state index contributed by atoms with van der Waals surface area (Å²) in [6, 6.07) is 8.60. The molecule has 0 spiro atoms. The fourth-order valence-electron chi connectivity index (χ4n) is 2.47. The second-order valence-electron chi connectivity index (χ2n) is 5.01. The second-order valence-corrected chi connectivity index (χ2v) is 5.01. The van der Waals surface area contributed by atoms with E-state index in [4.69, 9.17) is 0 Å². The summed E-state index contributed by atoms with van der Waals surface area (Å²) >= 11 is 0. The molecule has 98 valence electrons. The first-order chi connectivity index (χ1) is 8.72. The molecule has 1 aliphatic carbocycles. The highest BCUT2D eigenvalue weighted by Gasteiger charge is 2.24. The zero-order valence-electron chi connectivity index (χ0n) is 11.2. The third kappa shape index (κ3) is 2.91. The van der Waals surface area contributed by atoms with Crippen LogP contribution in [0.1, 0.15) is 37.4 Å². The smallest absolute Gasteiger partial charge is 0.224 e. The summed E-state index contributed by atoms with van der Waals surface area (Å²) in [6.07, 6.45) is 2.10. The Bertz CT molecular complexity index is 417. The number of rotatable bonds is 5. The SMILES string of the molecule is CCNCC(C)C(=O)NC1CCc2ccccc21. The Balaban J connectivity index is 1.93. The standard InChI is InChI=1S/C15H22N2O/c1-3-16-10-11(2)15(18)17-14-9-8-12-6-4-5-7-13(12)14/h4-7,11,14,16H,3,8-10H2,1-2H3,(H,17,18). The molecule has 0 fully saturated rings. The summed E-state index contributed by atoms with van der Waals surface area (Å²) in [5, 5.41) is 6.38. The summed E-state index contributed by atoms with van der Waals surface area (Å²) in [6.45, 7) is 5.68. The zero-order chi connectivity index (χ0) is 13.0. The quantitative estimate of drug-likeness (QED) is 0.834. The highest BCUT2D eigenvalue weighted by atomic mass is 16.1. The molecule has 3 nitrogen and oxygen atoms in total. The van der Waals surface area contributed by atoms with Gasteiger partial charge in [0.15, 0.2) is 0 Å². The van der Waals surface area contributed by atoms with Crippen molar-refractivity contribution in [1.82, 2.24) is 10.6 Å². The number of amides is 1. The van der Waals surface area contributed by atoms with Crippen molar-refractivity contribution in [2.45, 2.75) is 32.7 Å². The lowest BCUT2D eigenvalue weighted by atomic mass is 10.1. The first-order valence-corrected chi connectivity index (χ1v) is 6.81. The van der Waals surface area contributed by atoms with Crippen LogP contribution in [0, 0.1) is 5.92 Å². The minimum Gasteiger partial charge on any atom is -0.349 e. The van der Waals surface area contributed by atoms with E-state index in [1.165, 1.54) is 11.1 Å². The second kappa shape index (κ2) is 6.01. The maximum absolute atomic E-state index is 12.1. The van der Waals surface area contributed by atoms with E-state index in [2.05, 4.69) is 35.8 Å². The van der Waals surface area contributed by atoms with Crippen LogP contribution in [0.5, 0.6) is 0 Å². The Morgan fingerprint density at radius 1 is 1.44 bits per heavy atom. The number of carbonyl (C=O) groups is 1. The monoisotopic (exact) mass is 246 g/mol. The molecule has 1 aliphatic rings. The molecule has 0 aliphatic heterocycles. The molecule has 2 N–H and O–H groups in total. The van der Waals surface area contributed by atoms with Crippen LogP contribution in [0.4, 0.5) is 0 Å². The van der Waals surface area contributed by atoms with Gasteiger partial charge in [-0.2, -0.15) is 0 Å². The molecule has 0 saturated carbocycles. The van der Waals surface area contributed by atoms with Gasteiger partial charge in [0.05, 0.1) is 6.04 Å². The fraction of sp³-hybridized carbons (Fsp3) is 0.533. The number of hydrogen-bond acceptors (Lipinski definition) is 2. The Morgan fingerprint density at radius 3 is 3.00 bits per heavy atom. The number of carbonyl (C=O) groups excluding carboxylic acids is 1. The van der Waals surface area contributed by atoms with Gasteiger partial charge in [-0.25, -0.2) is 0 Å². The lowest BCUT2D eigenvalue weighted by molar-refractivity contribution is -0.125. The van der Waals surface area contributed by atoms with Crippen LogP contribution in [-0.2, 0) is 11.2 Å². The van der Waals surface area contributed by atoms with Crippen LogP contribution >= 0.6 is 0 Å². The van der Waals surface area contributed by atoms with Crippen LogP contribution in [0.3, 0.4) is 0 Å². The van der Waals surface area contributed by atoms with Gasteiger partial charge in [-0.1, -0.05) is 38.1 Å². The van der Waals surface area contributed by atoms with E-state index in [1.54, 1.807) is 0 Å². The van der Waals surface area contributed by atoms with E-state index in [1.807, 2.05) is 13.0 Å². The highest BCUT2D eigenvalue weighted by molar-refractivity contribution is 5.79. The van der Waals surface area contributed by atoms with E-state index in [9.17, 15) is 4.79 Å². The van der Waals surface area contributed by atoms with Crippen LogP contribution in [0.15, 0.2) is 24.3 Å². The van der Waals surface area contributed by atoms with Gasteiger partial charge < -0.3 is 10.6 Å². The molecule has 3 heteroatoms. The largest absolute Gasteiger partial charge is 0.349 e. The van der Waals surface area contributed by atoms with E-state index < -0.39 is 0 Å². The van der Waals surface area contributed by atoms with E-state index in [0.717, 1.165) is 25.9 Å². The van der Waals surface area contributed by atoms with Crippen LogP contribution < -0.4 is 10.6 Å². The number of aryl methyl sites for hydroxylation is 1. The number of hydrogen-bond donors (Lipinski definition) is 2. The number of fused-ring (bicyclic) bond motifs is 1. The first kappa shape index (κ1) is 13.1. The first-order valence-electron chi connectivity index (χ1n) is 6.81. The van der Waals surface area contributed by atoms with Gasteiger partial charge in [0.1, 0.15) is 0 Å². The van der Waals surface area contributed by atoms with Gasteiger partial charge >= 0.3 is 0 Å². The molecule has 2 atom stereocenters. The lowest BCUT2D eigenvalue weighted by Gasteiger charge is -2.18. The van der Waals surface area contributed by atoms with Crippen molar-refractivity contribution >= 4 is 5.91 Å². The molecule has 18 heavy (non-hydrogen) atoms. The van der Waals surface area contributed by atoms with Gasteiger partial charge in [0.25, 0.3) is 0 Å². The Hall–Kier alpha value is -1.35. The van der Waals surface area contributed by atoms with Crippen molar-refractivity contribution in [3.63, 3.8) is 0 Å². The average molecular weight is 246 g/mol. The topological polar surface area (TPSA) is 41.1 Å². The molecule has 1 amide bonds. The van der Waals surface area contributed by atoms with Crippen LogP contribution in [0.2, 0.25) is 0 Å². The van der Waals surface area contributed by atoms with Gasteiger partial charge in [0.2, 0.25) is 5.91 Å². The minimum absolute atomic E-state index is 0.0257. The van der Waals surface area contributed by atoms with E-state index in [-0.39, 0.29) is 17.9 Å². The predicted molar refractivity (Wildman–Crippen MR) is 73.4 cm³/mol. The summed E-state index contributed by atoms with van der Waals surface area (Å²) in [5.41, 5.74) is 2.67. The molecule has 0 bridgehead atoms. The molecule has 1 aromatic carbocycles. The highest BCUT2D eigenvalue weighted by Crippen LogP contribution is 2.30. The molecule has 2 rings (SSSR count). The third-order valence-corrected chi connectivity index (χ3v) is 3.60. The zero-order valence-corrected chi connectivity index (χ0v) is 11.2. The summed E-state index contributed by atoms with van der Waals surface area (Å²) in [4.78, 5) is 12.1. The van der Waals surface area contributed by atoms with Crippen molar-refractivity contribution in [2.75, 3.05) is 13.1 Å². The van der Waals surface area contributed by atoms with E-state index >= 15 is 0 Å². The molecule has 1 aromatic rings. The molecule has 2 unspecified atom stereocenters. The predicted octanol–water partition coefficient (Wildman–Crippen LogP) is 2.04. The molecule has 0 saturated heterocycles. The summed E-state index contributed by atoms with van der Waals surface area (Å²) in [7, 11) is 0. The van der Waals surface area contributed by atoms with Crippen molar-refractivity contribution in [3.8, 4) is 0 Å². The van der Waals surface area contributed by atoms with Crippen molar-refractivity contribution < 1.29 is 4.79 Å². The van der Waals surface area contributed by atoms with Gasteiger partial charge in [-0.15, -0.1) is 0 Å². The Morgan fingerprint density at radius 2 is 2.22 bits per heavy atom. The average Bonchev–Trinajstić information content (AvgIpc) is 2.79. The van der Waals surface area contributed by atoms with Gasteiger partial charge in [-0.3, -0.25) is 4.79 Å². The van der Waals surface area contributed by atoms with Crippen LogP contribution in [0.25, 0.3) is 0 Å². The summed E-state index contributed by atoms with van der Waals surface area (Å²) < 4.78 is 0. The maximum Gasteiger partial charge on any atom is 0.224 e. The van der Waals surface area contributed by atoms with Crippen molar-refractivity contribution in [3.05, 3.63) is 35.4 Å². The summed E-state index contributed by atoms with van der Waals surface area (Å²) in [5.74, 6) is 0.176. The number of benzene rings is 1. The van der Waals surface area contributed by atoms with Gasteiger partial charge in [-0.05, 0) is 30.5 Å². The van der Waals surface area contributed by atoms with E-state index in [0.29, 0.717) is 0 Å². The minimum atomic E-state index is 0.0257. The molecule has 0 radical (unpaired) electrons. The third-order valence-electron chi connectivity index (χ3n) is 3.60. The van der Waals surface area contributed by atoms with Crippen molar-refractivity contribution in [2.24, 2.45) is 5.92 Å². The van der Waals surface area contributed by atoms with Gasteiger partial charge in [0, 0.05) is 12.5 Å². The Kier molecular flexibility index (Phi) is 4.37. The molecule has 0 heterocycles. The fourth-order valence-corrected chi connectivity index (χ4v) is 2.47. The van der Waals surface area contributed by atoms with Crippen LogP contribution in [-0.4, -0.2) is 19.0 Å². The molecular weight excluding hydrogens is 224 g/mol. The lowest BCUT2D eigenvalue weighted by Crippen LogP contribution is -2.36. The maximum atomic E-state index is 12.1.